The van der Waals surface area contributed by atoms with Gasteiger partial charge in [0.15, 0.2) is 0 Å². The maximum Gasteiger partial charge on any atom is 0.219 e. The van der Waals surface area contributed by atoms with E-state index in [1.54, 1.807) is 25.3 Å². The molecule has 0 saturated heterocycles. The number of nitrogens with zero attached hydrogens (tertiary/aromatic N) is 1. The lowest BCUT2D eigenvalue weighted by atomic mass is 10.2. The van der Waals surface area contributed by atoms with Crippen LogP contribution in [0.3, 0.4) is 0 Å². The number of aryl methyl sites for hydroxylation is 1. The Kier molecular flexibility index (Phi) is 5.28. The maximum atomic E-state index is 13.2. The summed E-state index contributed by atoms with van der Waals surface area (Å²) in [7, 11) is 0. The van der Waals surface area contributed by atoms with Gasteiger partial charge < -0.3 is 10.1 Å². The van der Waals surface area contributed by atoms with Crippen LogP contribution in [-0.4, -0.2) is 11.5 Å². The van der Waals surface area contributed by atoms with Gasteiger partial charge in [-0.15, -0.1) is 0 Å². The van der Waals surface area contributed by atoms with Crippen molar-refractivity contribution < 1.29 is 9.13 Å². The predicted molar refractivity (Wildman–Crippen MR) is 82.0 cm³/mol. The second-order valence-corrected chi connectivity index (χ2v) is 5.54. The largest absolute Gasteiger partial charge is 0.439 e. The molecule has 21 heavy (non-hydrogen) atoms. The Morgan fingerprint density at radius 3 is 2.76 bits per heavy atom. The highest BCUT2D eigenvalue weighted by atomic mass is 19.1. The number of halogens is 1. The lowest BCUT2D eigenvalue weighted by Gasteiger charge is -2.09. The molecule has 0 spiro atoms. The average molecular weight is 288 g/mol. The van der Waals surface area contributed by atoms with Crippen LogP contribution in [0, 0.1) is 18.7 Å². The summed E-state index contributed by atoms with van der Waals surface area (Å²) in [6.07, 6.45) is 1.72. The number of hydrogen-bond donors (Lipinski definition) is 1. The maximum absolute atomic E-state index is 13.2. The molecule has 0 aliphatic heterocycles. The van der Waals surface area contributed by atoms with Gasteiger partial charge in [0.1, 0.15) is 11.6 Å². The van der Waals surface area contributed by atoms with Crippen LogP contribution in [-0.2, 0) is 6.54 Å². The summed E-state index contributed by atoms with van der Waals surface area (Å²) in [4.78, 5) is 4.19. The van der Waals surface area contributed by atoms with Crippen molar-refractivity contribution in [3.8, 4) is 11.6 Å². The van der Waals surface area contributed by atoms with Crippen molar-refractivity contribution in [2.24, 2.45) is 5.92 Å². The summed E-state index contributed by atoms with van der Waals surface area (Å²) in [5.74, 6) is 1.49. The van der Waals surface area contributed by atoms with E-state index in [1.165, 1.54) is 6.07 Å². The average Bonchev–Trinajstić information content (AvgIpc) is 2.43. The molecular formula is C17H21FN2O. The second kappa shape index (κ2) is 7.18. The fourth-order valence-corrected chi connectivity index (χ4v) is 1.92. The van der Waals surface area contributed by atoms with E-state index in [0.29, 0.717) is 23.1 Å². The van der Waals surface area contributed by atoms with E-state index in [1.807, 2.05) is 12.1 Å². The van der Waals surface area contributed by atoms with E-state index in [9.17, 15) is 4.39 Å². The van der Waals surface area contributed by atoms with Gasteiger partial charge in [0.05, 0.1) is 0 Å². The Labute approximate surface area is 125 Å². The molecule has 1 N–H and O–H groups in total. The minimum absolute atomic E-state index is 0.234. The smallest absolute Gasteiger partial charge is 0.219 e. The predicted octanol–water partition coefficient (Wildman–Crippen LogP) is 4.07. The molecule has 0 unspecified atom stereocenters. The second-order valence-electron chi connectivity index (χ2n) is 5.54. The SMILES string of the molecule is Cc1cc(Oc2cc(CNCC(C)C)ccn2)ccc1F. The molecule has 1 aromatic heterocycles. The number of nitrogens with one attached hydrogen (secondary N) is 1. The summed E-state index contributed by atoms with van der Waals surface area (Å²) in [6.45, 7) is 7.80. The fourth-order valence-electron chi connectivity index (χ4n) is 1.92. The lowest BCUT2D eigenvalue weighted by molar-refractivity contribution is 0.459. The first-order valence-corrected chi connectivity index (χ1v) is 7.14. The zero-order chi connectivity index (χ0) is 15.2. The number of pyridine rings is 1. The van der Waals surface area contributed by atoms with Crippen LogP contribution in [0.25, 0.3) is 0 Å². The molecule has 0 aliphatic carbocycles. The van der Waals surface area contributed by atoms with Crippen molar-refractivity contribution in [3.05, 3.63) is 53.5 Å². The molecule has 0 saturated carbocycles. The normalized spacial score (nSPS) is 10.9. The molecule has 2 rings (SSSR count). The van der Waals surface area contributed by atoms with Crippen molar-refractivity contribution in [2.75, 3.05) is 6.54 Å². The van der Waals surface area contributed by atoms with E-state index in [-0.39, 0.29) is 5.82 Å². The first-order chi connectivity index (χ1) is 10.0. The molecule has 4 heteroatoms. The third-order valence-electron chi connectivity index (χ3n) is 3.03. The van der Waals surface area contributed by atoms with Gasteiger partial charge in [0.2, 0.25) is 5.88 Å². The van der Waals surface area contributed by atoms with Crippen molar-refractivity contribution in [1.29, 1.82) is 0 Å². The molecule has 0 aliphatic rings. The molecule has 0 atom stereocenters. The molecular weight excluding hydrogens is 267 g/mol. The topological polar surface area (TPSA) is 34.1 Å². The zero-order valence-electron chi connectivity index (χ0n) is 12.7. The van der Waals surface area contributed by atoms with Crippen LogP contribution in [0.4, 0.5) is 4.39 Å². The Bertz CT molecular complexity index is 599. The first kappa shape index (κ1) is 15.4. The summed E-state index contributed by atoms with van der Waals surface area (Å²) in [5, 5.41) is 3.38. The van der Waals surface area contributed by atoms with E-state index < -0.39 is 0 Å². The molecule has 0 radical (unpaired) electrons. The van der Waals surface area contributed by atoms with Crippen molar-refractivity contribution >= 4 is 0 Å². The highest BCUT2D eigenvalue weighted by molar-refractivity contribution is 5.32. The van der Waals surface area contributed by atoms with E-state index in [0.717, 1.165) is 18.7 Å². The van der Waals surface area contributed by atoms with Gasteiger partial charge in [-0.1, -0.05) is 13.8 Å². The Morgan fingerprint density at radius 1 is 1.24 bits per heavy atom. The summed E-state index contributed by atoms with van der Waals surface area (Å²) >= 11 is 0. The number of ether oxygens (including phenoxy) is 1. The summed E-state index contributed by atoms with van der Waals surface area (Å²) < 4.78 is 18.9. The summed E-state index contributed by atoms with van der Waals surface area (Å²) in [5.41, 5.74) is 1.67. The van der Waals surface area contributed by atoms with Crippen molar-refractivity contribution in [1.82, 2.24) is 10.3 Å². The van der Waals surface area contributed by atoms with Gasteiger partial charge in [-0.25, -0.2) is 9.37 Å². The minimum Gasteiger partial charge on any atom is -0.439 e. The van der Waals surface area contributed by atoms with Gasteiger partial charge in [-0.3, -0.25) is 0 Å². The third kappa shape index (κ3) is 4.83. The van der Waals surface area contributed by atoms with Crippen LogP contribution in [0.1, 0.15) is 25.0 Å². The minimum atomic E-state index is -0.234. The number of aromatic nitrogens is 1. The van der Waals surface area contributed by atoms with Crippen LogP contribution >= 0.6 is 0 Å². The molecule has 0 fully saturated rings. The van der Waals surface area contributed by atoms with Crippen LogP contribution < -0.4 is 10.1 Å². The zero-order valence-corrected chi connectivity index (χ0v) is 12.7. The van der Waals surface area contributed by atoms with E-state index in [4.69, 9.17) is 4.74 Å². The Balaban J connectivity index is 2.01. The van der Waals surface area contributed by atoms with Crippen LogP contribution in [0.2, 0.25) is 0 Å². The van der Waals surface area contributed by atoms with Gasteiger partial charge in [-0.2, -0.15) is 0 Å². The molecule has 1 aromatic carbocycles. The first-order valence-electron chi connectivity index (χ1n) is 7.14. The monoisotopic (exact) mass is 288 g/mol. The van der Waals surface area contributed by atoms with Crippen molar-refractivity contribution in [2.45, 2.75) is 27.3 Å². The lowest BCUT2D eigenvalue weighted by Crippen LogP contribution is -2.18. The molecule has 1 heterocycles. The van der Waals surface area contributed by atoms with Gasteiger partial charge in [-0.05, 0) is 54.8 Å². The van der Waals surface area contributed by atoms with Crippen molar-refractivity contribution in [3.63, 3.8) is 0 Å². The molecule has 2 aromatic rings. The molecule has 0 bridgehead atoms. The summed E-state index contributed by atoms with van der Waals surface area (Å²) in [6, 6.07) is 8.52. The van der Waals surface area contributed by atoms with E-state index >= 15 is 0 Å². The van der Waals surface area contributed by atoms with Gasteiger partial charge in [0, 0.05) is 18.8 Å². The Hall–Kier alpha value is -1.94. The molecule has 112 valence electrons. The van der Waals surface area contributed by atoms with Crippen LogP contribution in [0.5, 0.6) is 11.6 Å². The number of hydrogen-bond acceptors (Lipinski definition) is 3. The van der Waals surface area contributed by atoms with E-state index in [2.05, 4.69) is 24.1 Å². The van der Waals surface area contributed by atoms with Gasteiger partial charge in [0.25, 0.3) is 0 Å². The highest BCUT2D eigenvalue weighted by Gasteiger charge is 2.04. The highest BCUT2D eigenvalue weighted by Crippen LogP contribution is 2.22. The molecule has 0 amide bonds. The van der Waals surface area contributed by atoms with Gasteiger partial charge >= 0.3 is 0 Å². The fraction of sp³-hybridized carbons (Fsp3) is 0.353. The number of rotatable bonds is 6. The number of benzene rings is 1. The molecule has 3 nitrogen and oxygen atoms in total. The Morgan fingerprint density at radius 2 is 2.05 bits per heavy atom. The van der Waals surface area contributed by atoms with Crippen LogP contribution in [0.15, 0.2) is 36.5 Å². The standard InChI is InChI=1S/C17H21FN2O/c1-12(2)10-19-11-14-6-7-20-17(9-14)21-15-4-5-16(18)13(3)8-15/h4-9,12,19H,10-11H2,1-3H3. The quantitative estimate of drug-likeness (QED) is 0.870. The third-order valence-corrected chi connectivity index (χ3v) is 3.03.